The number of carbonyl (C=O) groups excluding carboxylic acids is 2. The van der Waals surface area contributed by atoms with E-state index in [1.807, 2.05) is 30.3 Å². The summed E-state index contributed by atoms with van der Waals surface area (Å²) >= 11 is 11.4. The number of para-hydroxylation sites is 1. The number of anilines is 2. The fourth-order valence-electron chi connectivity index (χ4n) is 3.26. The Balaban J connectivity index is 0.000000715. The molecule has 2 amide bonds. The summed E-state index contributed by atoms with van der Waals surface area (Å²) in [6.45, 7) is 10.2. The van der Waals surface area contributed by atoms with E-state index < -0.39 is 17.8 Å². The van der Waals surface area contributed by atoms with Gasteiger partial charge in [0.1, 0.15) is 28.8 Å². The Kier molecular flexibility index (Phi) is 22.7. The number of carboxylic acid groups (broad SMARTS) is 1. The van der Waals surface area contributed by atoms with E-state index >= 15 is 0 Å². The number of amides is 2. The molecule has 0 aliphatic carbocycles. The third-order valence-corrected chi connectivity index (χ3v) is 6.61. The van der Waals surface area contributed by atoms with Crippen LogP contribution in [0.3, 0.4) is 0 Å². The third-order valence-electron chi connectivity index (χ3n) is 6.11. The number of benzene rings is 4. The molecule has 11 N–H and O–H groups in total. The van der Waals surface area contributed by atoms with Gasteiger partial charge in [0.2, 0.25) is 11.8 Å². The number of hydrogen-bond acceptors (Lipinski definition) is 9. The van der Waals surface area contributed by atoms with Gasteiger partial charge in [-0.05, 0) is 93.7 Å². The van der Waals surface area contributed by atoms with Crippen molar-refractivity contribution in [3.8, 4) is 23.0 Å². The molecule has 4 aromatic carbocycles. The highest BCUT2D eigenvalue weighted by molar-refractivity contribution is 6.31. The van der Waals surface area contributed by atoms with Crippen LogP contribution in [0.2, 0.25) is 5.02 Å². The van der Waals surface area contributed by atoms with Crippen molar-refractivity contribution in [2.24, 2.45) is 17.2 Å². The maximum absolute atomic E-state index is 11.0. The number of halogens is 2. The second-order valence-corrected chi connectivity index (χ2v) is 10.8. The molecule has 0 heterocycles. The van der Waals surface area contributed by atoms with Crippen LogP contribution in [0.1, 0.15) is 34.6 Å². The molecule has 282 valence electrons. The SMILES string of the molecule is C/C=C(\C)C(=O)O.C=C/C(Cl)=C\C(=C)OC.CN.NC(=O)c1ccc(Oc2cccc(Cl)c2)c(N)c1.NC(=O)c1ccc(Oc2ccccc2)c(N)c1. The molecular formula is C39H45Cl2N5O7. The van der Waals surface area contributed by atoms with Gasteiger partial charge in [-0.25, -0.2) is 4.79 Å². The van der Waals surface area contributed by atoms with Crippen molar-refractivity contribution in [3.63, 3.8) is 0 Å². The normalized spacial score (nSPS) is 10.0. The van der Waals surface area contributed by atoms with Gasteiger partial charge >= 0.3 is 5.97 Å². The van der Waals surface area contributed by atoms with Crippen LogP contribution in [-0.2, 0) is 9.53 Å². The molecule has 0 unspecified atom stereocenters. The zero-order chi connectivity index (χ0) is 40.5. The Labute approximate surface area is 319 Å². The fraction of sp³-hybridized carbons (Fsp3) is 0.103. The summed E-state index contributed by atoms with van der Waals surface area (Å²) < 4.78 is 15.8. The summed E-state index contributed by atoms with van der Waals surface area (Å²) in [5, 5.41) is 9.21. The lowest BCUT2D eigenvalue weighted by Crippen LogP contribution is -2.11. The van der Waals surface area contributed by atoms with E-state index in [2.05, 4.69) is 18.9 Å². The molecule has 4 aromatic rings. The molecule has 0 aromatic heterocycles. The van der Waals surface area contributed by atoms with Crippen LogP contribution in [-0.4, -0.2) is 37.0 Å². The van der Waals surface area contributed by atoms with Crippen molar-refractivity contribution < 1.29 is 33.7 Å². The molecule has 12 nitrogen and oxygen atoms in total. The Morgan fingerprint density at radius 2 is 1.25 bits per heavy atom. The van der Waals surface area contributed by atoms with Gasteiger partial charge in [0.05, 0.1) is 18.5 Å². The van der Waals surface area contributed by atoms with Crippen LogP contribution in [0, 0.1) is 0 Å². The summed E-state index contributed by atoms with van der Waals surface area (Å²) in [5.74, 6) is 0.844. The van der Waals surface area contributed by atoms with Gasteiger partial charge in [0, 0.05) is 26.8 Å². The molecule has 0 aliphatic rings. The maximum Gasteiger partial charge on any atom is 0.330 e. The number of methoxy groups -OCH3 is 1. The number of nitrogen functional groups attached to an aromatic ring is 2. The van der Waals surface area contributed by atoms with E-state index in [1.54, 1.807) is 74.5 Å². The monoisotopic (exact) mass is 765 g/mol. The van der Waals surface area contributed by atoms with Crippen molar-refractivity contribution in [2.45, 2.75) is 13.8 Å². The van der Waals surface area contributed by atoms with Crippen molar-refractivity contribution in [1.82, 2.24) is 0 Å². The number of ether oxygens (including phenoxy) is 3. The highest BCUT2D eigenvalue weighted by Crippen LogP contribution is 2.30. The smallest absolute Gasteiger partial charge is 0.330 e. The van der Waals surface area contributed by atoms with Crippen molar-refractivity contribution in [1.29, 1.82) is 0 Å². The average Bonchev–Trinajstić information content (AvgIpc) is 3.14. The predicted molar refractivity (Wildman–Crippen MR) is 214 cm³/mol. The van der Waals surface area contributed by atoms with E-state index in [1.165, 1.54) is 32.4 Å². The van der Waals surface area contributed by atoms with Crippen LogP contribution in [0.4, 0.5) is 11.4 Å². The van der Waals surface area contributed by atoms with Crippen LogP contribution in [0.25, 0.3) is 0 Å². The lowest BCUT2D eigenvalue weighted by Gasteiger charge is -2.09. The van der Waals surface area contributed by atoms with Gasteiger partial charge < -0.3 is 48.0 Å². The molecule has 0 fully saturated rings. The fourth-order valence-corrected chi connectivity index (χ4v) is 3.56. The van der Waals surface area contributed by atoms with E-state index in [4.69, 9.17) is 65.5 Å². The maximum atomic E-state index is 11.0. The second-order valence-electron chi connectivity index (χ2n) is 9.89. The van der Waals surface area contributed by atoms with Gasteiger partial charge in [0.15, 0.2) is 0 Å². The van der Waals surface area contributed by atoms with E-state index in [-0.39, 0.29) is 0 Å². The zero-order valence-electron chi connectivity index (χ0n) is 29.8. The van der Waals surface area contributed by atoms with Gasteiger partial charge in [-0.15, -0.1) is 0 Å². The van der Waals surface area contributed by atoms with E-state index in [0.29, 0.717) is 66.9 Å². The number of primary amides is 2. The van der Waals surface area contributed by atoms with Crippen molar-refractivity contribution in [3.05, 3.63) is 155 Å². The van der Waals surface area contributed by atoms with Crippen LogP contribution >= 0.6 is 23.2 Å². The van der Waals surface area contributed by atoms with Gasteiger partial charge in [-0.1, -0.05) is 72.8 Å². The average molecular weight is 767 g/mol. The van der Waals surface area contributed by atoms with Gasteiger partial charge in [0.25, 0.3) is 0 Å². The first-order valence-corrected chi connectivity index (χ1v) is 16.1. The highest BCUT2D eigenvalue weighted by Gasteiger charge is 2.08. The Hall–Kier alpha value is -6.21. The lowest BCUT2D eigenvalue weighted by atomic mass is 10.2. The van der Waals surface area contributed by atoms with Gasteiger partial charge in [-0.2, -0.15) is 0 Å². The van der Waals surface area contributed by atoms with Crippen molar-refractivity contribution in [2.75, 3.05) is 25.6 Å². The Bertz CT molecular complexity index is 1880. The quantitative estimate of drug-likeness (QED) is 0.0394. The molecule has 53 heavy (non-hydrogen) atoms. The number of aliphatic carboxylic acids is 1. The minimum atomic E-state index is -0.845. The molecule has 0 radical (unpaired) electrons. The summed E-state index contributed by atoms with van der Waals surface area (Å²) in [6.07, 6.45) is 4.67. The molecule has 14 heteroatoms. The first-order chi connectivity index (χ1) is 25.1. The standard InChI is InChI=1S/C13H11ClN2O2.C13H12N2O2.C7H9ClO.C5H8O2.CH5N/c14-9-2-1-3-10(7-9)18-12-5-4-8(13(16)17)6-11(12)15;14-11-8-9(13(15)16)6-7-12(11)17-10-4-2-1-3-5-10;1-4-7(8)5-6(2)9-3;1-3-4(2)5(6)7;1-2/h1-7H,15H2,(H2,16,17);1-8H,14H2,(H2,15,16);4-5H,1-2H2,3H3;3H,1-2H3,(H,6,7);2H2,1H3/b;;7-5+;4-3+;. The minimum absolute atomic E-state index is 0.339. The molecule has 0 aliphatic heterocycles. The number of rotatable bonds is 10. The molecule has 0 spiro atoms. The lowest BCUT2D eigenvalue weighted by molar-refractivity contribution is -0.132. The first-order valence-electron chi connectivity index (χ1n) is 15.3. The number of carbonyl (C=O) groups is 3. The van der Waals surface area contributed by atoms with Crippen molar-refractivity contribution >= 4 is 52.4 Å². The summed E-state index contributed by atoms with van der Waals surface area (Å²) in [6, 6.07) is 25.5. The summed E-state index contributed by atoms with van der Waals surface area (Å²) in [5.41, 5.74) is 28.2. The molecule has 0 atom stereocenters. The summed E-state index contributed by atoms with van der Waals surface area (Å²) in [4.78, 5) is 31.8. The number of hydrogen-bond donors (Lipinski definition) is 6. The van der Waals surface area contributed by atoms with Crippen LogP contribution < -0.4 is 38.1 Å². The predicted octanol–water partition coefficient (Wildman–Crippen LogP) is 8.04. The van der Waals surface area contributed by atoms with Crippen LogP contribution in [0.15, 0.2) is 139 Å². The molecule has 0 bridgehead atoms. The molecule has 0 saturated heterocycles. The largest absolute Gasteiger partial charge is 0.497 e. The number of carboxylic acids is 1. The second kappa shape index (κ2) is 25.7. The minimum Gasteiger partial charge on any atom is -0.497 e. The van der Waals surface area contributed by atoms with Crippen LogP contribution in [0.5, 0.6) is 23.0 Å². The van der Waals surface area contributed by atoms with Gasteiger partial charge in [-0.3, -0.25) is 9.59 Å². The topological polar surface area (TPSA) is 229 Å². The first kappa shape index (κ1) is 46.8. The summed E-state index contributed by atoms with van der Waals surface area (Å²) in [7, 11) is 3.03. The van der Waals surface area contributed by atoms with E-state index in [0.717, 1.165) is 0 Å². The number of allylic oxidation sites excluding steroid dienone is 4. The molecular weight excluding hydrogens is 721 g/mol. The highest BCUT2D eigenvalue weighted by atomic mass is 35.5. The Morgan fingerprint density at radius 3 is 1.60 bits per heavy atom. The molecule has 0 saturated carbocycles. The van der Waals surface area contributed by atoms with E-state index in [9.17, 15) is 14.4 Å². The molecule has 4 rings (SSSR count). The zero-order valence-corrected chi connectivity index (χ0v) is 31.4. The number of nitrogens with two attached hydrogens (primary N) is 5. The Morgan fingerprint density at radius 1 is 0.774 bits per heavy atom. The third kappa shape index (κ3) is 19.1.